The first kappa shape index (κ1) is 11.7. The summed E-state index contributed by atoms with van der Waals surface area (Å²) in [6.07, 6.45) is 0.579. The molecule has 0 bridgehead atoms. The third kappa shape index (κ3) is 3.36. The number of nitrogens with two attached hydrogens (primary N) is 2. The molecule has 0 radical (unpaired) electrons. The van der Waals surface area contributed by atoms with Gasteiger partial charge in [0.1, 0.15) is 0 Å². The average Bonchev–Trinajstić information content (AvgIpc) is 2.51. The Balaban J connectivity index is 2.74. The smallest absolute Gasteiger partial charge is 0.225 e. The van der Waals surface area contributed by atoms with E-state index in [4.69, 9.17) is 11.5 Å². The van der Waals surface area contributed by atoms with Gasteiger partial charge in [-0.1, -0.05) is 0 Å². The molecule has 2 amide bonds. The van der Waals surface area contributed by atoms with E-state index in [2.05, 4.69) is 0 Å². The van der Waals surface area contributed by atoms with E-state index in [1.807, 2.05) is 18.4 Å². The highest BCUT2D eigenvalue weighted by Gasteiger charge is 2.19. The normalized spacial score (nSPS) is 12.3. The topological polar surface area (TPSA) is 86.2 Å². The van der Waals surface area contributed by atoms with Crippen LogP contribution in [0.2, 0.25) is 0 Å². The van der Waals surface area contributed by atoms with Crippen LogP contribution >= 0.6 is 11.3 Å². The van der Waals surface area contributed by atoms with Crippen LogP contribution in [0.25, 0.3) is 0 Å². The van der Waals surface area contributed by atoms with E-state index in [0.717, 1.165) is 10.4 Å². The Bertz CT molecular complexity index is 373. The lowest BCUT2D eigenvalue weighted by Gasteiger charge is -2.09. The van der Waals surface area contributed by atoms with Crippen LogP contribution in [0.3, 0.4) is 0 Å². The predicted octanol–water partition coefficient (Wildman–Crippen LogP) is 0.891. The molecule has 0 aromatic carbocycles. The molecule has 15 heavy (non-hydrogen) atoms. The maximum absolute atomic E-state index is 11.2. The first-order valence-electron chi connectivity index (χ1n) is 4.63. The van der Waals surface area contributed by atoms with Crippen molar-refractivity contribution in [1.29, 1.82) is 0 Å². The highest BCUT2D eigenvalue weighted by Crippen LogP contribution is 2.27. The zero-order valence-electron chi connectivity index (χ0n) is 8.53. The highest BCUT2D eigenvalue weighted by atomic mass is 32.1. The van der Waals surface area contributed by atoms with Crippen LogP contribution in [0.15, 0.2) is 11.4 Å². The summed E-state index contributed by atoms with van der Waals surface area (Å²) in [6.45, 7) is 1.95. The number of aryl methyl sites for hydroxylation is 1. The highest BCUT2D eigenvalue weighted by molar-refractivity contribution is 7.10. The molecule has 1 aromatic rings. The molecular formula is C10H14N2O2S. The van der Waals surface area contributed by atoms with Crippen molar-refractivity contribution >= 4 is 23.2 Å². The Hall–Kier alpha value is -1.36. The first-order chi connectivity index (χ1) is 7.00. The van der Waals surface area contributed by atoms with Gasteiger partial charge in [0.2, 0.25) is 11.8 Å². The van der Waals surface area contributed by atoms with Crippen LogP contribution in [0, 0.1) is 6.92 Å². The maximum atomic E-state index is 11.2. The summed E-state index contributed by atoms with van der Waals surface area (Å²) in [6, 6.07) is 1.92. The Morgan fingerprint density at radius 3 is 2.53 bits per heavy atom. The van der Waals surface area contributed by atoms with Gasteiger partial charge in [0.15, 0.2) is 0 Å². The van der Waals surface area contributed by atoms with Gasteiger partial charge >= 0.3 is 0 Å². The lowest BCUT2D eigenvalue weighted by Crippen LogP contribution is -2.22. The van der Waals surface area contributed by atoms with Crippen LogP contribution in [0.1, 0.15) is 29.2 Å². The van der Waals surface area contributed by atoms with E-state index in [-0.39, 0.29) is 6.42 Å². The van der Waals surface area contributed by atoms with Crippen LogP contribution in [-0.2, 0) is 9.59 Å². The molecule has 1 aromatic heterocycles. The quantitative estimate of drug-likeness (QED) is 0.781. The minimum absolute atomic E-state index is 0.185. The number of primary amides is 2. The average molecular weight is 226 g/mol. The number of rotatable bonds is 5. The zero-order chi connectivity index (χ0) is 11.4. The van der Waals surface area contributed by atoms with E-state index in [9.17, 15) is 9.59 Å². The summed E-state index contributed by atoms with van der Waals surface area (Å²) in [5.41, 5.74) is 11.4. The second-order valence-corrected chi connectivity index (χ2v) is 4.43. The third-order valence-corrected chi connectivity index (χ3v) is 3.28. The fourth-order valence-corrected chi connectivity index (χ4v) is 2.39. The number of carbonyl (C=O) groups is 2. The lowest BCUT2D eigenvalue weighted by atomic mass is 10.00. The molecule has 0 aliphatic rings. The van der Waals surface area contributed by atoms with Gasteiger partial charge in [0.25, 0.3) is 0 Å². The third-order valence-electron chi connectivity index (χ3n) is 2.12. The molecule has 82 valence electrons. The van der Waals surface area contributed by atoms with Gasteiger partial charge in [-0.05, 0) is 30.4 Å². The van der Waals surface area contributed by atoms with Crippen LogP contribution in [0.4, 0.5) is 0 Å². The molecule has 4 N–H and O–H groups in total. The fourth-order valence-electron chi connectivity index (χ4n) is 1.35. The fraction of sp³-hybridized carbons (Fsp3) is 0.400. The minimum atomic E-state index is -0.408. The van der Waals surface area contributed by atoms with Crippen molar-refractivity contribution in [2.24, 2.45) is 11.5 Å². The lowest BCUT2D eigenvalue weighted by molar-refractivity contribution is -0.120. The molecule has 0 saturated carbocycles. The Morgan fingerprint density at radius 2 is 2.13 bits per heavy atom. The van der Waals surface area contributed by atoms with Crippen LogP contribution in [-0.4, -0.2) is 11.8 Å². The summed E-state index contributed by atoms with van der Waals surface area (Å²) >= 11 is 1.48. The summed E-state index contributed by atoms with van der Waals surface area (Å²) in [7, 11) is 0. The van der Waals surface area contributed by atoms with E-state index < -0.39 is 17.7 Å². The maximum Gasteiger partial charge on any atom is 0.225 e. The largest absolute Gasteiger partial charge is 0.370 e. The van der Waals surface area contributed by atoms with Crippen molar-refractivity contribution < 1.29 is 9.59 Å². The van der Waals surface area contributed by atoms with Gasteiger partial charge < -0.3 is 11.5 Å². The molecule has 5 heteroatoms. The van der Waals surface area contributed by atoms with E-state index in [1.165, 1.54) is 11.3 Å². The standard InChI is InChI=1S/C10H14N2O2S/c1-6-4-8(15-5-6)7(10(12)14)2-3-9(11)13/h4-5,7H,2-3H2,1H3,(H2,11,13)(H2,12,14). The SMILES string of the molecule is Cc1csc(C(CCC(N)=O)C(N)=O)c1. The minimum Gasteiger partial charge on any atom is -0.370 e. The zero-order valence-corrected chi connectivity index (χ0v) is 9.34. The van der Waals surface area contributed by atoms with Gasteiger partial charge in [-0.25, -0.2) is 0 Å². The van der Waals surface area contributed by atoms with Gasteiger partial charge in [-0.15, -0.1) is 11.3 Å². The van der Waals surface area contributed by atoms with Crippen molar-refractivity contribution in [3.05, 3.63) is 21.9 Å². The Kier molecular flexibility index (Phi) is 3.85. The van der Waals surface area contributed by atoms with Crippen molar-refractivity contribution in [2.45, 2.75) is 25.7 Å². The van der Waals surface area contributed by atoms with Gasteiger partial charge in [-0.2, -0.15) is 0 Å². The van der Waals surface area contributed by atoms with E-state index in [1.54, 1.807) is 0 Å². The van der Waals surface area contributed by atoms with Gasteiger partial charge in [-0.3, -0.25) is 9.59 Å². The Morgan fingerprint density at radius 1 is 1.47 bits per heavy atom. The summed E-state index contributed by atoms with van der Waals surface area (Å²) < 4.78 is 0. The molecule has 0 spiro atoms. The van der Waals surface area contributed by atoms with E-state index >= 15 is 0 Å². The number of hydrogen-bond acceptors (Lipinski definition) is 3. The summed E-state index contributed by atoms with van der Waals surface area (Å²) in [5, 5.41) is 1.95. The van der Waals surface area contributed by atoms with Gasteiger partial charge in [0.05, 0.1) is 5.92 Å². The molecule has 1 atom stereocenters. The second kappa shape index (κ2) is 4.93. The second-order valence-electron chi connectivity index (χ2n) is 3.49. The van der Waals surface area contributed by atoms with Crippen LogP contribution in [0.5, 0.6) is 0 Å². The first-order valence-corrected chi connectivity index (χ1v) is 5.51. The molecule has 1 unspecified atom stereocenters. The molecule has 0 aliphatic heterocycles. The summed E-state index contributed by atoms with van der Waals surface area (Å²) in [5.74, 6) is -1.20. The van der Waals surface area contributed by atoms with Gasteiger partial charge in [0, 0.05) is 11.3 Å². The van der Waals surface area contributed by atoms with Crippen molar-refractivity contribution in [1.82, 2.24) is 0 Å². The van der Waals surface area contributed by atoms with Crippen LogP contribution < -0.4 is 11.5 Å². The predicted molar refractivity (Wildman–Crippen MR) is 59.4 cm³/mol. The molecule has 0 fully saturated rings. The van der Waals surface area contributed by atoms with Crippen molar-refractivity contribution in [3.8, 4) is 0 Å². The molecule has 1 heterocycles. The van der Waals surface area contributed by atoms with Crippen molar-refractivity contribution in [3.63, 3.8) is 0 Å². The Labute approximate surface area is 92.3 Å². The molecule has 4 nitrogen and oxygen atoms in total. The molecule has 0 aliphatic carbocycles. The summed E-state index contributed by atoms with van der Waals surface area (Å²) in [4.78, 5) is 22.7. The molecule has 1 rings (SSSR count). The van der Waals surface area contributed by atoms with Crippen molar-refractivity contribution in [2.75, 3.05) is 0 Å². The number of thiophene rings is 1. The molecular weight excluding hydrogens is 212 g/mol. The number of carbonyl (C=O) groups excluding carboxylic acids is 2. The van der Waals surface area contributed by atoms with E-state index in [0.29, 0.717) is 6.42 Å². The number of amides is 2. The monoisotopic (exact) mass is 226 g/mol. The molecule has 0 saturated heterocycles. The number of hydrogen-bond donors (Lipinski definition) is 2.